The third-order valence-corrected chi connectivity index (χ3v) is 5.89. The van der Waals surface area contributed by atoms with Gasteiger partial charge in [0, 0.05) is 31.7 Å². The highest BCUT2D eigenvalue weighted by Crippen LogP contribution is 2.19. The van der Waals surface area contributed by atoms with Crippen LogP contribution in [0.15, 0.2) is 52.0 Å². The zero-order valence-electron chi connectivity index (χ0n) is 15.3. The van der Waals surface area contributed by atoms with Crippen molar-refractivity contribution in [1.29, 1.82) is 0 Å². The van der Waals surface area contributed by atoms with Crippen LogP contribution in [0.3, 0.4) is 0 Å². The monoisotopic (exact) mass is 393 g/mol. The molecule has 1 aromatic heterocycles. The first-order valence-electron chi connectivity index (χ1n) is 8.60. The molecule has 0 aliphatic heterocycles. The van der Waals surface area contributed by atoms with Gasteiger partial charge in [-0.1, -0.05) is 19.9 Å². The molecule has 0 saturated carbocycles. The van der Waals surface area contributed by atoms with Gasteiger partial charge in [0.2, 0.25) is 15.9 Å². The summed E-state index contributed by atoms with van der Waals surface area (Å²) in [5, 5.41) is 5.21. The summed E-state index contributed by atoms with van der Waals surface area (Å²) in [5.74, 6) is -0.572. The lowest BCUT2D eigenvalue weighted by molar-refractivity contribution is -0.116. The molecule has 8 nitrogen and oxygen atoms in total. The Morgan fingerprint density at radius 2 is 1.85 bits per heavy atom. The number of anilines is 1. The van der Waals surface area contributed by atoms with E-state index in [1.807, 2.05) is 0 Å². The largest absolute Gasteiger partial charge is 0.459 e. The number of nitrogens with zero attached hydrogens (tertiary/aromatic N) is 1. The van der Waals surface area contributed by atoms with Crippen molar-refractivity contribution in [1.82, 2.24) is 9.62 Å². The summed E-state index contributed by atoms with van der Waals surface area (Å²) in [4.78, 5) is 23.9. The van der Waals surface area contributed by atoms with Crippen LogP contribution in [0.5, 0.6) is 0 Å². The molecule has 0 saturated heterocycles. The molecule has 27 heavy (non-hydrogen) atoms. The Bertz CT molecular complexity index is 874. The summed E-state index contributed by atoms with van der Waals surface area (Å²) in [5.41, 5.74) is 0.380. The predicted octanol–water partition coefficient (Wildman–Crippen LogP) is 2.07. The minimum Gasteiger partial charge on any atom is -0.459 e. The number of amides is 2. The van der Waals surface area contributed by atoms with Crippen LogP contribution in [0.1, 0.15) is 30.8 Å². The van der Waals surface area contributed by atoms with Crippen molar-refractivity contribution in [2.45, 2.75) is 25.2 Å². The van der Waals surface area contributed by atoms with Gasteiger partial charge < -0.3 is 15.1 Å². The number of benzene rings is 1. The van der Waals surface area contributed by atoms with Crippen LogP contribution in [0.25, 0.3) is 0 Å². The number of carbonyl (C=O) groups excluding carboxylic acids is 2. The van der Waals surface area contributed by atoms with Crippen LogP contribution in [-0.2, 0) is 14.8 Å². The second-order valence-corrected chi connectivity index (χ2v) is 7.59. The van der Waals surface area contributed by atoms with E-state index in [0.717, 1.165) is 0 Å². The van der Waals surface area contributed by atoms with Gasteiger partial charge in [0.05, 0.1) is 11.2 Å². The second-order valence-electron chi connectivity index (χ2n) is 5.65. The SMILES string of the molecule is CCN(CC)S(=O)(=O)c1cccc(NC(=O)CCNC(=O)c2ccco2)c1. The van der Waals surface area contributed by atoms with E-state index in [-0.39, 0.29) is 29.5 Å². The van der Waals surface area contributed by atoms with Crippen molar-refractivity contribution in [3.8, 4) is 0 Å². The van der Waals surface area contributed by atoms with Gasteiger partial charge in [-0.3, -0.25) is 9.59 Å². The standard InChI is InChI=1S/C18H23N3O5S/c1-3-21(4-2)27(24,25)15-8-5-7-14(13-15)20-17(22)10-11-19-18(23)16-9-6-12-26-16/h5-9,12-13H,3-4,10-11H2,1-2H3,(H,19,23)(H,20,22). The minimum atomic E-state index is -3.60. The van der Waals surface area contributed by atoms with E-state index in [0.29, 0.717) is 18.8 Å². The van der Waals surface area contributed by atoms with Gasteiger partial charge in [0.25, 0.3) is 5.91 Å². The van der Waals surface area contributed by atoms with Crippen LogP contribution in [-0.4, -0.2) is 44.2 Å². The predicted molar refractivity (Wildman–Crippen MR) is 101 cm³/mol. The first-order chi connectivity index (χ1) is 12.9. The summed E-state index contributed by atoms with van der Waals surface area (Å²) in [6.45, 7) is 4.39. The van der Waals surface area contributed by atoms with Gasteiger partial charge in [-0.05, 0) is 30.3 Å². The summed E-state index contributed by atoms with van der Waals surface area (Å²) < 4.78 is 31.4. The van der Waals surface area contributed by atoms with E-state index in [2.05, 4.69) is 10.6 Å². The van der Waals surface area contributed by atoms with Gasteiger partial charge >= 0.3 is 0 Å². The van der Waals surface area contributed by atoms with Crippen molar-refractivity contribution in [2.24, 2.45) is 0 Å². The maximum Gasteiger partial charge on any atom is 0.286 e. The Hall–Kier alpha value is -2.65. The lowest BCUT2D eigenvalue weighted by Gasteiger charge is -2.18. The molecule has 0 atom stereocenters. The number of rotatable bonds is 9. The van der Waals surface area contributed by atoms with E-state index in [4.69, 9.17) is 4.42 Å². The first kappa shape index (κ1) is 20.7. The lowest BCUT2D eigenvalue weighted by atomic mass is 10.3. The van der Waals surface area contributed by atoms with Gasteiger partial charge in [-0.15, -0.1) is 0 Å². The molecule has 0 aliphatic rings. The Kier molecular flexibility index (Phi) is 7.14. The quantitative estimate of drug-likeness (QED) is 0.678. The first-order valence-corrected chi connectivity index (χ1v) is 10.0. The number of furan rings is 1. The third kappa shape index (κ3) is 5.41. The highest BCUT2D eigenvalue weighted by Gasteiger charge is 2.21. The van der Waals surface area contributed by atoms with E-state index < -0.39 is 15.9 Å². The molecule has 1 aromatic carbocycles. The van der Waals surface area contributed by atoms with Gasteiger partial charge in [0.15, 0.2) is 5.76 Å². The molecular weight excluding hydrogens is 370 g/mol. The molecule has 0 unspecified atom stereocenters. The summed E-state index contributed by atoms with van der Waals surface area (Å²) in [6, 6.07) is 9.23. The molecule has 0 fully saturated rings. The molecule has 0 spiro atoms. The maximum absolute atomic E-state index is 12.5. The van der Waals surface area contributed by atoms with E-state index in [1.165, 1.54) is 28.8 Å². The van der Waals surface area contributed by atoms with E-state index >= 15 is 0 Å². The van der Waals surface area contributed by atoms with Gasteiger partial charge in [0.1, 0.15) is 0 Å². The molecular formula is C18H23N3O5S. The molecule has 2 N–H and O–H groups in total. The summed E-state index contributed by atoms with van der Waals surface area (Å²) >= 11 is 0. The molecule has 0 bridgehead atoms. The Morgan fingerprint density at radius 3 is 2.48 bits per heavy atom. The van der Waals surface area contributed by atoms with Crippen LogP contribution in [0, 0.1) is 0 Å². The van der Waals surface area contributed by atoms with Crippen LogP contribution in [0.4, 0.5) is 5.69 Å². The second kappa shape index (κ2) is 9.33. The molecule has 2 rings (SSSR count). The van der Waals surface area contributed by atoms with Gasteiger partial charge in [-0.2, -0.15) is 4.31 Å². The van der Waals surface area contributed by atoms with Crippen molar-refractivity contribution in [3.05, 3.63) is 48.4 Å². The number of carbonyl (C=O) groups is 2. The molecule has 2 aromatic rings. The normalized spacial score (nSPS) is 11.4. The molecule has 146 valence electrons. The highest BCUT2D eigenvalue weighted by molar-refractivity contribution is 7.89. The van der Waals surface area contributed by atoms with Crippen LogP contribution < -0.4 is 10.6 Å². The molecule has 0 radical (unpaired) electrons. The third-order valence-electron chi connectivity index (χ3n) is 3.84. The number of hydrogen-bond acceptors (Lipinski definition) is 5. The van der Waals surface area contributed by atoms with Crippen LogP contribution >= 0.6 is 0 Å². The Morgan fingerprint density at radius 1 is 1.11 bits per heavy atom. The number of sulfonamides is 1. The smallest absolute Gasteiger partial charge is 0.286 e. The minimum absolute atomic E-state index is 0.0411. The Labute approximate surface area is 158 Å². The van der Waals surface area contributed by atoms with Crippen LogP contribution in [0.2, 0.25) is 0 Å². The van der Waals surface area contributed by atoms with Gasteiger partial charge in [-0.25, -0.2) is 8.42 Å². The van der Waals surface area contributed by atoms with Crippen molar-refractivity contribution >= 4 is 27.5 Å². The highest BCUT2D eigenvalue weighted by atomic mass is 32.2. The van der Waals surface area contributed by atoms with E-state index in [9.17, 15) is 18.0 Å². The maximum atomic E-state index is 12.5. The van der Waals surface area contributed by atoms with Crippen molar-refractivity contribution < 1.29 is 22.4 Å². The average Bonchev–Trinajstić information content (AvgIpc) is 3.17. The number of hydrogen-bond donors (Lipinski definition) is 2. The summed E-state index contributed by atoms with van der Waals surface area (Å²) in [7, 11) is -3.60. The fourth-order valence-corrected chi connectivity index (χ4v) is 3.96. The molecule has 1 heterocycles. The molecule has 0 aliphatic carbocycles. The molecule has 9 heteroatoms. The topological polar surface area (TPSA) is 109 Å². The number of nitrogens with one attached hydrogen (secondary N) is 2. The fourth-order valence-electron chi connectivity index (χ4n) is 2.45. The fraction of sp³-hybridized carbons (Fsp3) is 0.333. The van der Waals surface area contributed by atoms with Crippen molar-refractivity contribution in [2.75, 3.05) is 25.0 Å². The zero-order chi connectivity index (χ0) is 19.9. The average molecular weight is 393 g/mol. The summed E-state index contributed by atoms with van der Waals surface area (Å²) in [6.07, 6.45) is 1.43. The van der Waals surface area contributed by atoms with Crippen molar-refractivity contribution in [3.63, 3.8) is 0 Å². The molecule has 2 amide bonds. The lowest BCUT2D eigenvalue weighted by Crippen LogP contribution is -2.30. The Balaban J connectivity index is 1.93. The van der Waals surface area contributed by atoms with E-state index in [1.54, 1.807) is 32.0 Å². The zero-order valence-corrected chi connectivity index (χ0v) is 16.1.